The summed E-state index contributed by atoms with van der Waals surface area (Å²) in [7, 11) is 0. The molecule has 0 N–H and O–H groups in total. The smallest absolute Gasteiger partial charge is 0.202 e. The molecular weight excluding hydrogens is 244 g/mol. The lowest BCUT2D eigenvalue weighted by Gasteiger charge is -1.95. The van der Waals surface area contributed by atoms with E-state index in [1.165, 1.54) is 6.92 Å². The molecule has 0 radical (unpaired) electrons. The number of rotatable bonds is 1. The molecule has 0 saturated carbocycles. The summed E-state index contributed by atoms with van der Waals surface area (Å²) < 4.78 is 0. The molecule has 0 aliphatic heterocycles. The third-order valence-corrected chi connectivity index (χ3v) is 2.64. The summed E-state index contributed by atoms with van der Waals surface area (Å²) in [4.78, 5) is 10.8. The molecule has 2 aromatic rings. The Morgan fingerprint density at radius 1 is 0.900 bits per heavy atom. The summed E-state index contributed by atoms with van der Waals surface area (Å²) in [6.45, 7) is 1.46. The summed E-state index contributed by atoms with van der Waals surface area (Å²) in [5.41, 5.74) is 3.01. The summed E-state index contributed by atoms with van der Waals surface area (Å²) >= 11 is 0. The van der Waals surface area contributed by atoms with Gasteiger partial charge in [-0.25, -0.2) is 0 Å². The number of benzene rings is 2. The Kier molecular flexibility index (Phi) is 4.76. The Morgan fingerprint density at radius 2 is 1.55 bits per heavy atom. The first-order valence-electron chi connectivity index (χ1n) is 6.39. The van der Waals surface area contributed by atoms with E-state index in [4.69, 9.17) is 0 Å². The maximum atomic E-state index is 10.8. The SMILES string of the molecule is CC(=O)C#Cc1ccc(CC#Cc2ccccc2)cc1. The summed E-state index contributed by atoms with van der Waals surface area (Å²) in [6, 6.07) is 17.7. The third-order valence-electron chi connectivity index (χ3n) is 2.64. The second kappa shape index (κ2) is 6.98. The van der Waals surface area contributed by atoms with Crippen molar-refractivity contribution in [3.05, 3.63) is 71.3 Å². The molecule has 2 aromatic carbocycles. The zero-order valence-corrected chi connectivity index (χ0v) is 11.3. The van der Waals surface area contributed by atoms with Crippen LogP contribution in [0.2, 0.25) is 0 Å². The molecule has 1 nitrogen and oxygen atoms in total. The fourth-order valence-corrected chi connectivity index (χ4v) is 1.64. The molecule has 0 heterocycles. The Bertz CT molecular complexity index is 702. The third kappa shape index (κ3) is 4.48. The van der Waals surface area contributed by atoms with Crippen LogP contribution in [0.1, 0.15) is 23.6 Å². The molecule has 0 aliphatic rings. The standard InChI is InChI=1S/C19H14O/c1-16(20)10-11-19-14-12-18(13-15-19)9-5-8-17-6-3-2-4-7-17/h2-4,6-7,12-15H,9H2,1H3. The van der Waals surface area contributed by atoms with E-state index in [-0.39, 0.29) is 5.78 Å². The van der Waals surface area contributed by atoms with Crippen LogP contribution in [-0.4, -0.2) is 5.78 Å². The van der Waals surface area contributed by atoms with Crippen molar-refractivity contribution < 1.29 is 4.79 Å². The van der Waals surface area contributed by atoms with Gasteiger partial charge in [-0.3, -0.25) is 4.79 Å². The summed E-state index contributed by atoms with van der Waals surface area (Å²) in [6.07, 6.45) is 0.704. The first-order valence-corrected chi connectivity index (χ1v) is 6.39. The first kappa shape index (κ1) is 13.7. The lowest BCUT2D eigenvalue weighted by Crippen LogP contribution is -1.84. The molecule has 1 heteroatoms. The molecule has 0 aromatic heterocycles. The van der Waals surface area contributed by atoms with Crippen molar-refractivity contribution in [3.63, 3.8) is 0 Å². The van der Waals surface area contributed by atoms with E-state index >= 15 is 0 Å². The van der Waals surface area contributed by atoms with Crippen LogP contribution in [-0.2, 0) is 11.2 Å². The van der Waals surface area contributed by atoms with Gasteiger partial charge in [-0.15, -0.1) is 0 Å². The molecule has 0 spiro atoms. The van der Waals surface area contributed by atoms with E-state index in [1.54, 1.807) is 0 Å². The van der Waals surface area contributed by atoms with Gasteiger partial charge in [0, 0.05) is 24.5 Å². The van der Waals surface area contributed by atoms with Gasteiger partial charge in [-0.2, -0.15) is 0 Å². The fourth-order valence-electron chi connectivity index (χ4n) is 1.64. The minimum absolute atomic E-state index is 0.122. The Labute approximate surface area is 119 Å². The van der Waals surface area contributed by atoms with Crippen molar-refractivity contribution in [3.8, 4) is 23.7 Å². The molecule has 0 atom stereocenters. The predicted octanol–water partition coefficient (Wildman–Crippen LogP) is 3.22. The lowest BCUT2D eigenvalue weighted by atomic mass is 10.1. The van der Waals surface area contributed by atoms with Crippen molar-refractivity contribution >= 4 is 5.78 Å². The Hall–Kier alpha value is -2.77. The van der Waals surface area contributed by atoms with E-state index in [0.717, 1.165) is 16.7 Å². The van der Waals surface area contributed by atoms with E-state index < -0.39 is 0 Å². The highest BCUT2D eigenvalue weighted by atomic mass is 16.1. The van der Waals surface area contributed by atoms with Crippen LogP contribution in [0.3, 0.4) is 0 Å². The van der Waals surface area contributed by atoms with Crippen molar-refractivity contribution in [2.45, 2.75) is 13.3 Å². The molecule has 0 amide bonds. The molecule has 0 fully saturated rings. The van der Waals surface area contributed by atoms with Crippen LogP contribution in [0.4, 0.5) is 0 Å². The van der Waals surface area contributed by atoms with Gasteiger partial charge in [0.1, 0.15) is 0 Å². The average Bonchev–Trinajstić information content (AvgIpc) is 2.47. The predicted molar refractivity (Wildman–Crippen MR) is 81.0 cm³/mol. The number of hydrogen-bond donors (Lipinski definition) is 0. The first-order chi connectivity index (χ1) is 9.74. The van der Waals surface area contributed by atoms with Gasteiger partial charge in [0.05, 0.1) is 0 Å². The second-order valence-corrected chi connectivity index (χ2v) is 4.35. The van der Waals surface area contributed by atoms with Gasteiger partial charge in [0.25, 0.3) is 0 Å². The zero-order valence-electron chi connectivity index (χ0n) is 11.3. The quantitative estimate of drug-likeness (QED) is 0.718. The van der Waals surface area contributed by atoms with Crippen molar-refractivity contribution in [2.75, 3.05) is 0 Å². The Balaban J connectivity index is 2.00. The van der Waals surface area contributed by atoms with Gasteiger partial charge in [0.2, 0.25) is 5.78 Å². The van der Waals surface area contributed by atoms with E-state index in [1.807, 2.05) is 54.6 Å². The van der Waals surface area contributed by atoms with Crippen LogP contribution < -0.4 is 0 Å². The topological polar surface area (TPSA) is 17.1 Å². The second-order valence-electron chi connectivity index (χ2n) is 4.35. The zero-order chi connectivity index (χ0) is 14.2. The van der Waals surface area contributed by atoms with Crippen LogP contribution >= 0.6 is 0 Å². The number of carbonyl (C=O) groups excluding carboxylic acids is 1. The fraction of sp³-hybridized carbons (Fsp3) is 0.105. The molecule has 0 unspecified atom stereocenters. The Morgan fingerprint density at radius 3 is 2.20 bits per heavy atom. The van der Waals surface area contributed by atoms with Gasteiger partial charge in [-0.05, 0) is 35.7 Å². The molecule has 0 bridgehead atoms. The number of Topliss-reactive ketones (excluding diaryl/α,β-unsaturated/α-hetero) is 1. The van der Waals surface area contributed by atoms with Gasteiger partial charge < -0.3 is 0 Å². The van der Waals surface area contributed by atoms with E-state index in [0.29, 0.717) is 6.42 Å². The number of carbonyl (C=O) groups is 1. The lowest BCUT2D eigenvalue weighted by molar-refractivity contribution is -0.111. The molecule has 0 aliphatic carbocycles. The highest BCUT2D eigenvalue weighted by molar-refractivity contribution is 5.93. The van der Waals surface area contributed by atoms with Crippen LogP contribution in [0.15, 0.2) is 54.6 Å². The highest BCUT2D eigenvalue weighted by Crippen LogP contribution is 2.04. The van der Waals surface area contributed by atoms with Crippen LogP contribution in [0.5, 0.6) is 0 Å². The van der Waals surface area contributed by atoms with Gasteiger partial charge in [-0.1, -0.05) is 48.1 Å². The molecular formula is C19H14O. The van der Waals surface area contributed by atoms with Gasteiger partial charge >= 0.3 is 0 Å². The minimum atomic E-state index is -0.122. The monoisotopic (exact) mass is 258 g/mol. The minimum Gasteiger partial charge on any atom is -0.285 e. The number of hydrogen-bond acceptors (Lipinski definition) is 1. The number of ketones is 1. The van der Waals surface area contributed by atoms with Crippen LogP contribution in [0, 0.1) is 23.7 Å². The summed E-state index contributed by atoms with van der Waals surface area (Å²) in [5, 5.41) is 0. The largest absolute Gasteiger partial charge is 0.285 e. The van der Waals surface area contributed by atoms with Crippen LogP contribution in [0.25, 0.3) is 0 Å². The maximum Gasteiger partial charge on any atom is 0.202 e. The van der Waals surface area contributed by atoms with Gasteiger partial charge in [0.15, 0.2) is 0 Å². The maximum absolute atomic E-state index is 10.8. The highest BCUT2D eigenvalue weighted by Gasteiger charge is 1.91. The summed E-state index contributed by atoms with van der Waals surface area (Å²) in [5.74, 6) is 11.5. The average molecular weight is 258 g/mol. The molecule has 0 saturated heterocycles. The molecule has 2 rings (SSSR count). The van der Waals surface area contributed by atoms with E-state index in [9.17, 15) is 4.79 Å². The van der Waals surface area contributed by atoms with E-state index in [2.05, 4.69) is 23.7 Å². The van der Waals surface area contributed by atoms with Crippen molar-refractivity contribution in [1.29, 1.82) is 0 Å². The van der Waals surface area contributed by atoms with Crippen molar-refractivity contribution in [2.24, 2.45) is 0 Å². The van der Waals surface area contributed by atoms with Crippen molar-refractivity contribution in [1.82, 2.24) is 0 Å². The molecule has 96 valence electrons. The molecule has 20 heavy (non-hydrogen) atoms. The normalized spacial score (nSPS) is 8.85.